The SMILES string of the molecule is CCN(CCO)S(=O)(=O)c1ccsc1C(=O)OC. The maximum absolute atomic E-state index is 12.3. The second-order valence-corrected chi connectivity index (χ2v) is 6.15. The smallest absolute Gasteiger partial charge is 0.349 e. The number of hydrogen-bond acceptors (Lipinski definition) is 6. The molecule has 0 atom stereocenters. The molecule has 0 aromatic carbocycles. The number of likely N-dealkylation sites (N-methyl/N-ethyl adjacent to an activating group) is 1. The molecule has 0 unspecified atom stereocenters. The number of rotatable bonds is 6. The van der Waals surface area contributed by atoms with Crippen molar-refractivity contribution in [3.05, 3.63) is 16.3 Å². The third-order valence-electron chi connectivity index (χ3n) is 2.32. The van der Waals surface area contributed by atoms with Crippen LogP contribution < -0.4 is 0 Å². The van der Waals surface area contributed by atoms with Crippen molar-refractivity contribution < 1.29 is 23.1 Å². The van der Waals surface area contributed by atoms with Crippen LogP contribution in [0.25, 0.3) is 0 Å². The standard InChI is InChI=1S/C10H15NO5S2/c1-3-11(5-6-12)18(14,15)8-4-7-17-9(8)10(13)16-2/h4,7,12H,3,5-6H2,1-2H3. The summed E-state index contributed by atoms with van der Waals surface area (Å²) in [5.41, 5.74) is 0. The molecule has 1 aromatic rings. The topological polar surface area (TPSA) is 83.9 Å². The number of carbonyl (C=O) groups is 1. The molecule has 0 radical (unpaired) electrons. The normalized spacial score (nSPS) is 11.8. The molecule has 1 heterocycles. The Hall–Kier alpha value is -0.960. The summed E-state index contributed by atoms with van der Waals surface area (Å²) < 4.78 is 30.2. The van der Waals surface area contributed by atoms with Gasteiger partial charge >= 0.3 is 5.97 Å². The highest BCUT2D eigenvalue weighted by Gasteiger charge is 2.29. The van der Waals surface area contributed by atoms with Crippen LogP contribution in [0.15, 0.2) is 16.3 Å². The Morgan fingerprint density at radius 1 is 1.56 bits per heavy atom. The Bertz CT molecular complexity index is 508. The fraction of sp³-hybridized carbons (Fsp3) is 0.500. The minimum atomic E-state index is -3.77. The van der Waals surface area contributed by atoms with Crippen molar-refractivity contribution >= 4 is 27.3 Å². The van der Waals surface area contributed by atoms with Crippen molar-refractivity contribution in [2.75, 3.05) is 26.8 Å². The van der Waals surface area contributed by atoms with Crippen LogP contribution in [0, 0.1) is 0 Å². The van der Waals surface area contributed by atoms with Gasteiger partial charge in [-0.2, -0.15) is 4.31 Å². The molecule has 6 nitrogen and oxygen atoms in total. The summed E-state index contributed by atoms with van der Waals surface area (Å²) in [5.74, 6) is -0.677. The maximum atomic E-state index is 12.3. The van der Waals surface area contributed by atoms with Crippen molar-refractivity contribution in [3.63, 3.8) is 0 Å². The van der Waals surface area contributed by atoms with Gasteiger partial charge in [0.1, 0.15) is 9.77 Å². The first-order valence-corrected chi connectivity index (χ1v) is 7.57. The van der Waals surface area contributed by atoms with Crippen LogP contribution in [-0.4, -0.2) is 50.6 Å². The largest absolute Gasteiger partial charge is 0.465 e. The first-order chi connectivity index (χ1) is 8.48. The van der Waals surface area contributed by atoms with Crippen molar-refractivity contribution in [1.82, 2.24) is 4.31 Å². The summed E-state index contributed by atoms with van der Waals surface area (Å²) in [6.45, 7) is 1.61. The average molecular weight is 293 g/mol. The van der Waals surface area contributed by atoms with E-state index in [2.05, 4.69) is 4.74 Å². The maximum Gasteiger partial charge on any atom is 0.349 e. The molecular weight excluding hydrogens is 278 g/mol. The summed E-state index contributed by atoms with van der Waals surface area (Å²) in [7, 11) is -2.57. The van der Waals surface area contributed by atoms with Gasteiger partial charge in [-0.05, 0) is 11.4 Å². The molecule has 0 saturated heterocycles. The van der Waals surface area contributed by atoms with Crippen molar-refractivity contribution in [3.8, 4) is 0 Å². The van der Waals surface area contributed by atoms with E-state index < -0.39 is 16.0 Å². The molecule has 18 heavy (non-hydrogen) atoms. The zero-order valence-corrected chi connectivity index (χ0v) is 11.8. The van der Waals surface area contributed by atoms with Gasteiger partial charge in [-0.3, -0.25) is 0 Å². The number of sulfonamides is 1. The number of aliphatic hydroxyl groups is 1. The fourth-order valence-electron chi connectivity index (χ4n) is 1.44. The Labute approximate surface area is 110 Å². The van der Waals surface area contributed by atoms with E-state index in [1.54, 1.807) is 6.92 Å². The van der Waals surface area contributed by atoms with Crippen LogP contribution >= 0.6 is 11.3 Å². The fourth-order valence-corrected chi connectivity index (χ4v) is 4.19. The highest BCUT2D eigenvalue weighted by Crippen LogP contribution is 2.25. The predicted molar refractivity (Wildman–Crippen MR) is 67.2 cm³/mol. The second-order valence-electron chi connectivity index (χ2n) is 3.33. The Kier molecular flexibility index (Phi) is 5.27. The number of methoxy groups -OCH3 is 1. The van der Waals surface area contributed by atoms with E-state index in [1.165, 1.54) is 18.6 Å². The number of nitrogens with zero attached hydrogens (tertiary/aromatic N) is 1. The van der Waals surface area contributed by atoms with E-state index in [9.17, 15) is 13.2 Å². The number of thiophene rings is 1. The van der Waals surface area contributed by atoms with Gasteiger partial charge in [0.2, 0.25) is 10.0 Å². The van der Waals surface area contributed by atoms with Gasteiger partial charge in [-0.15, -0.1) is 11.3 Å². The van der Waals surface area contributed by atoms with E-state index in [-0.39, 0.29) is 29.5 Å². The molecule has 102 valence electrons. The summed E-state index contributed by atoms with van der Waals surface area (Å²) in [5, 5.41) is 10.4. The second kappa shape index (κ2) is 6.28. The lowest BCUT2D eigenvalue weighted by molar-refractivity contribution is 0.0602. The van der Waals surface area contributed by atoms with Gasteiger partial charge in [0.15, 0.2) is 0 Å². The lowest BCUT2D eigenvalue weighted by Crippen LogP contribution is -2.33. The number of hydrogen-bond donors (Lipinski definition) is 1. The molecular formula is C10H15NO5S2. The summed E-state index contributed by atoms with van der Waals surface area (Å²) in [4.78, 5) is 11.4. The van der Waals surface area contributed by atoms with Crippen LogP contribution in [0.2, 0.25) is 0 Å². The minimum absolute atomic E-state index is 0.00467. The lowest BCUT2D eigenvalue weighted by Gasteiger charge is -2.19. The van der Waals surface area contributed by atoms with Gasteiger partial charge in [0.25, 0.3) is 0 Å². The first-order valence-electron chi connectivity index (χ1n) is 5.25. The molecule has 0 aliphatic carbocycles. The van der Waals surface area contributed by atoms with E-state index >= 15 is 0 Å². The summed E-state index contributed by atoms with van der Waals surface area (Å²) in [6.07, 6.45) is 0. The zero-order chi connectivity index (χ0) is 13.8. The first kappa shape index (κ1) is 15.1. The number of ether oxygens (including phenoxy) is 1. The third kappa shape index (κ3) is 2.89. The summed E-state index contributed by atoms with van der Waals surface area (Å²) >= 11 is 1.01. The van der Waals surface area contributed by atoms with Crippen LogP contribution in [0.3, 0.4) is 0 Å². The van der Waals surface area contributed by atoms with Crippen LogP contribution in [0.4, 0.5) is 0 Å². The zero-order valence-electron chi connectivity index (χ0n) is 10.1. The van der Waals surface area contributed by atoms with Gasteiger partial charge in [0, 0.05) is 13.1 Å². The summed E-state index contributed by atoms with van der Waals surface area (Å²) in [6, 6.07) is 1.37. The Morgan fingerprint density at radius 3 is 2.72 bits per heavy atom. The quantitative estimate of drug-likeness (QED) is 0.774. The van der Waals surface area contributed by atoms with E-state index in [1.807, 2.05) is 0 Å². The molecule has 1 N–H and O–H groups in total. The predicted octanol–water partition coefficient (Wildman–Crippen LogP) is 0.538. The highest BCUT2D eigenvalue weighted by atomic mass is 32.2. The monoisotopic (exact) mass is 293 g/mol. The van der Waals surface area contributed by atoms with Crippen LogP contribution in [-0.2, 0) is 14.8 Å². The van der Waals surface area contributed by atoms with E-state index in [0.29, 0.717) is 0 Å². The van der Waals surface area contributed by atoms with Crippen molar-refractivity contribution in [2.45, 2.75) is 11.8 Å². The van der Waals surface area contributed by atoms with Gasteiger partial charge in [-0.1, -0.05) is 6.92 Å². The van der Waals surface area contributed by atoms with Crippen molar-refractivity contribution in [2.24, 2.45) is 0 Å². The van der Waals surface area contributed by atoms with Crippen molar-refractivity contribution in [1.29, 1.82) is 0 Å². The van der Waals surface area contributed by atoms with Crippen LogP contribution in [0.1, 0.15) is 16.6 Å². The lowest BCUT2D eigenvalue weighted by atomic mass is 10.5. The Balaban J connectivity index is 3.20. The molecule has 8 heteroatoms. The Morgan fingerprint density at radius 2 is 2.22 bits per heavy atom. The molecule has 0 aliphatic rings. The number of aliphatic hydroxyl groups excluding tert-OH is 1. The highest BCUT2D eigenvalue weighted by molar-refractivity contribution is 7.89. The van der Waals surface area contributed by atoms with Crippen LogP contribution in [0.5, 0.6) is 0 Å². The molecule has 0 amide bonds. The molecule has 1 aromatic heterocycles. The van der Waals surface area contributed by atoms with Gasteiger partial charge in [-0.25, -0.2) is 13.2 Å². The molecule has 0 spiro atoms. The molecule has 0 bridgehead atoms. The molecule has 1 rings (SSSR count). The molecule has 0 fully saturated rings. The molecule has 0 saturated carbocycles. The molecule has 0 aliphatic heterocycles. The van der Waals surface area contributed by atoms with Gasteiger partial charge in [0.05, 0.1) is 13.7 Å². The van der Waals surface area contributed by atoms with E-state index in [4.69, 9.17) is 5.11 Å². The van der Waals surface area contributed by atoms with Gasteiger partial charge < -0.3 is 9.84 Å². The van der Waals surface area contributed by atoms with E-state index in [0.717, 1.165) is 15.6 Å². The third-order valence-corrected chi connectivity index (χ3v) is 5.36. The number of esters is 1. The number of carbonyl (C=O) groups excluding carboxylic acids is 1. The average Bonchev–Trinajstić information content (AvgIpc) is 2.84. The minimum Gasteiger partial charge on any atom is -0.465 e.